The second-order valence-corrected chi connectivity index (χ2v) is 5.70. The van der Waals surface area contributed by atoms with E-state index in [-0.39, 0.29) is 6.04 Å². The van der Waals surface area contributed by atoms with Gasteiger partial charge in [-0.1, -0.05) is 12.1 Å². The van der Waals surface area contributed by atoms with E-state index in [9.17, 15) is 0 Å². The van der Waals surface area contributed by atoms with Crippen LogP contribution < -0.4 is 5.32 Å². The summed E-state index contributed by atoms with van der Waals surface area (Å²) in [5.41, 5.74) is 2.14. The third-order valence-electron chi connectivity index (χ3n) is 3.15. The Labute approximate surface area is 116 Å². The summed E-state index contributed by atoms with van der Waals surface area (Å²) in [7, 11) is 3.95. The minimum absolute atomic E-state index is 0.210. The number of likely N-dealkylation sites (N-methyl/N-ethyl adjacent to an activating group) is 1. The highest BCUT2D eigenvalue weighted by molar-refractivity contribution is 7.18. The number of aryl methyl sites for hydroxylation is 1. The molecule has 1 unspecified atom stereocenters. The fraction of sp³-hybridized carbons (Fsp3) is 0.286. The SMILES string of the molecule is CNC(Cc1nc2ccccc2s1)c1cn(C)cn1. The third-order valence-corrected chi connectivity index (χ3v) is 4.21. The van der Waals surface area contributed by atoms with Crippen LogP contribution in [0.3, 0.4) is 0 Å². The number of benzene rings is 1. The first-order chi connectivity index (χ1) is 9.26. The summed E-state index contributed by atoms with van der Waals surface area (Å²) in [6, 6.07) is 8.47. The topological polar surface area (TPSA) is 42.7 Å². The Morgan fingerprint density at radius 1 is 1.37 bits per heavy atom. The monoisotopic (exact) mass is 272 g/mol. The molecule has 3 rings (SSSR count). The van der Waals surface area contributed by atoms with E-state index in [0.717, 1.165) is 22.6 Å². The normalized spacial score (nSPS) is 12.9. The predicted octanol–water partition coefficient (Wildman–Crippen LogP) is 2.53. The van der Waals surface area contributed by atoms with Crippen molar-refractivity contribution < 1.29 is 0 Å². The van der Waals surface area contributed by atoms with Gasteiger partial charge in [0.2, 0.25) is 0 Å². The van der Waals surface area contributed by atoms with Crippen molar-refractivity contribution in [1.82, 2.24) is 19.9 Å². The van der Waals surface area contributed by atoms with Gasteiger partial charge in [0.25, 0.3) is 0 Å². The summed E-state index contributed by atoms with van der Waals surface area (Å²) in [5, 5.41) is 4.46. The quantitative estimate of drug-likeness (QED) is 0.793. The third kappa shape index (κ3) is 2.52. The molecule has 0 spiro atoms. The highest BCUT2D eigenvalue weighted by Crippen LogP contribution is 2.25. The summed E-state index contributed by atoms with van der Waals surface area (Å²) in [6.45, 7) is 0. The van der Waals surface area contributed by atoms with E-state index in [4.69, 9.17) is 0 Å². The Balaban J connectivity index is 1.86. The zero-order valence-electron chi connectivity index (χ0n) is 11.0. The summed E-state index contributed by atoms with van der Waals surface area (Å²) in [5.74, 6) is 0. The molecule has 0 saturated carbocycles. The van der Waals surface area contributed by atoms with Gasteiger partial charge in [0.1, 0.15) is 0 Å². The highest BCUT2D eigenvalue weighted by atomic mass is 32.1. The van der Waals surface area contributed by atoms with Crippen molar-refractivity contribution in [2.24, 2.45) is 7.05 Å². The van der Waals surface area contributed by atoms with Crippen molar-refractivity contribution in [3.8, 4) is 0 Å². The number of aromatic nitrogens is 3. The molecule has 0 bridgehead atoms. The first-order valence-electron chi connectivity index (χ1n) is 6.26. The molecule has 2 aromatic heterocycles. The van der Waals surface area contributed by atoms with Crippen LogP contribution in [0.25, 0.3) is 10.2 Å². The molecule has 98 valence electrons. The van der Waals surface area contributed by atoms with Crippen LogP contribution in [0.2, 0.25) is 0 Å². The number of nitrogens with zero attached hydrogens (tertiary/aromatic N) is 3. The average molecular weight is 272 g/mol. The molecule has 1 aromatic carbocycles. The summed E-state index contributed by atoms with van der Waals surface area (Å²) < 4.78 is 3.21. The number of thiazole rings is 1. The Hall–Kier alpha value is -1.72. The first-order valence-corrected chi connectivity index (χ1v) is 7.07. The lowest BCUT2D eigenvalue weighted by Crippen LogP contribution is -2.19. The molecule has 1 atom stereocenters. The molecule has 0 fully saturated rings. The van der Waals surface area contributed by atoms with Crippen LogP contribution in [0.15, 0.2) is 36.8 Å². The maximum absolute atomic E-state index is 4.68. The van der Waals surface area contributed by atoms with Gasteiger partial charge in [0, 0.05) is 19.7 Å². The van der Waals surface area contributed by atoms with Crippen LogP contribution in [0.5, 0.6) is 0 Å². The zero-order valence-corrected chi connectivity index (χ0v) is 11.8. The van der Waals surface area contributed by atoms with Crippen molar-refractivity contribution in [2.45, 2.75) is 12.5 Å². The molecule has 0 aliphatic heterocycles. The van der Waals surface area contributed by atoms with Gasteiger partial charge < -0.3 is 9.88 Å². The van der Waals surface area contributed by atoms with Crippen LogP contribution in [-0.4, -0.2) is 21.6 Å². The largest absolute Gasteiger partial charge is 0.340 e. The van der Waals surface area contributed by atoms with Crippen molar-refractivity contribution >= 4 is 21.6 Å². The van der Waals surface area contributed by atoms with E-state index < -0.39 is 0 Å². The second-order valence-electron chi connectivity index (χ2n) is 4.58. The summed E-state index contributed by atoms with van der Waals surface area (Å²) >= 11 is 1.76. The van der Waals surface area contributed by atoms with Gasteiger partial charge in [-0.2, -0.15) is 0 Å². The van der Waals surface area contributed by atoms with Gasteiger partial charge in [-0.25, -0.2) is 9.97 Å². The Morgan fingerprint density at radius 2 is 2.21 bits per heavy atom. The summed E-state index contributed by atoms with van der Waals surface area (Å²) in [6.07, 6.45) is 4.75. The number of hydrogen-bond acceptors (Lipinski definition) is 4. The van der Waals surface area contributed by atoms with Crippen LogP contribution >= 0.6 is 11.3 Å². The van der Waals surface area contributed by atoms with Crippen molar-refractivity contribution in [3.63, 3.8) is 0 Å². The molecule has 5 heteroatoms. The van der Waals surface area contributed by atoms with Gasteiger partial charge in [-0.05, 0) is 19.2 Å². The molecule has 0 amide bonds. The van der Waals surface area contributed by atoms with E-state index in [1.54, 1.807) is 11.3 Å². The van der Waals surface area contributed by atoms with E-state index >= 15 is 0 Å². The molecule has 0 radical (unpaired) electrons. The van der Waals surface area contributed by atoms with Gasteiger partial charge in [-0.15, -0.1) is 11.3 Å². The Kier molecular flexibility index (Phi) is 3.31. The van der Waals surface area contributed by atoms with E-state index in [1.165, 1.54) is 4.70 Å². The maximum atomic E-state index is 4.68. The van der Waals surface area contributed by atoms with Crippen LogP contribution in [-0.2, 0) is 13.5 Å². The van der Waals surface area contributed by atoms with E-state index in [2.05, 4.69) is 39.7 Å². The Morgan fingerprint density at radius 3 is 2.89 bits per heavy atom. The predicted molar refractivity (Wildman–Crippen MR) is 78.3 cm³/mol. The Bertz CT molecular complexity index is 652. The summed E-state index contributed by atoms with van der Waals surface area (Å²) in [4.78, 5) is 9.09. The number of fused-ring (bicyclic) bond motifs is 1. The number of imidazole rings is 1. The molecule has 3 aromatic rings. The van der Waals surface area contributed by atoms with Crippen LogP contribution in [0.4, 0.5) is 0 Å². The van der Waals surface area contributed by atoms with Gasteiger partial charge in [0.15, 0.2) is 0 Å². The molecule has 2 heterocycles. The van der Waals surface area contributed by atoms with Crippen LogP contribution in [0, 0.1) is 0 Å². The smallest absolute Gasteiger partial charge is 0.0958 e. The minimum Gasteiger partial charge on any atom is -0.340 e. The fourth-order valence-electron chi connectivity index (χ4n) is 2.15. The standard InChI is InChI=1S/C14H16N4S/c1-15-11(12-8-18(2)9-16-12)7-14-17-10-5-3-4-6-13(10)19-14/h3-6,8-9,11,15H,7H2,1-2H3. The zero-order chi connectivity index (χ0) is 13.2. The highest BCUT2D eigenvalue weighted by Gasteiger charge is 2.15. The number of para-hydroxylation sites is 1. The van der Waals surface area contributed by atoms with E-state index in [0.29, 0.717) is 0 Å². The van der Waals surface area contributed by atoms with Gasteiger partial charge in [-0.3, -0.25) is 0 Å². The van der Waals surface area contributed by atoms with Crippen molar-refractivity contribution in [2.75, 3.05) is 7.05 Å². The molecule has 0 aliphatic rings. The lowest BCUT2D eigenvalue weighted by Gasteiger charge is -2.11. The first kappa shape index (κ1) is 12.3. The number of hydrogen-bond donors (Lipinski definition) is 1. The van der Waals surface area contributed by atoms with E-state index in [1.807, 2.05) is 31.1 Å². The van der Waals surface area contributed by atoms with Gasteiger partial charge >= 0.3 is 0 Å². The molecule has 19 heavy (non-hydrogen) atoms. The lowest BCUT2D eigenvalue weighted by atomic mass is 10.1. The lowest BCUT2D eigenvalue weighted by molar-refractivity contribution is 0.577. The number of rotatable bonds is 4. The maximum Gasteiger partial charge on any atom is 0.0958 e. The average Bonchev–Trinajstić information content (AvgIpc) is 3.01. The molecular weight excluding hydrogens is 256 g/mol. The van der Waals surface area contributed by atoms with Crippen molar-refractivity contribution in [1.29, 1.82) is 0 Å². The fourth-order valence-corrected chi connectivity index (χ4v) is 3.16. The number of nitrogens with one attached hydrogen (secondary N) is 1. The van der Waals surface area contributed by atoms with Crippen LogP contribution in [0.1, 0.15) is 16.7 Å². The molecule has 1 N–H and O–H groups in total. The second kappa shape index (κ2) is 5.11. The van der Waals surface area contributed by atoms with Gasteiger partial charge in [0.05, 0.1) is 33.3 Å². The van der Waals surface area contributed by atoms with Crippen molar-refractivity contribution in [3.05, 3.63) is 47.5 Å². The molecular formula is C14H16N4S. The molecule has 0 aliphatic carbocycles. The molecule has 4 nitrogen and oxygen atoms in total. The molecule has 0 saturated heterocycles. The minimum atomic E-state index is 0.210.